The van der Waals surface area contributed by atoms with Gasteiger partial charge in [0.2, 0.25) is 0 Å². The highest BCUT2D eigenvalue weighted by Crippen LogP contribution is 2.17. The van der Waals surface area contributed by atoms with Crippen LogP contribution in [0.15, 0.2) is 18.2 Å². The molecule has 0 saturated heterocycles. The SMILES string of the molecule is CC(C=O)Cc1ccc(Cl)c(F)c1. The summed E-state index contributed by atoms with van der Waals surface area (Å²) in [4.78, 5) is 10.3. The first-order valence-electron chi connectivity index (χ1n) is 4.02. The Bertz CT molecular complexity index is 312. The van der Waals surface area contributed by atoms with Gasteiger partial charge in [-0.1, -0.05) is 24.6 Å². The van der Waals surface area contributed by atoms with Crippen molar-refractivity contribution in [1.29, 1.82) is 0 Å². The van der Waals surface area contributed by atoms with Gasteiger partial charge in [0.1, 0.15) is 12.1 Å². The molecule has 0 N–H and O–H groups in total. The van der Waals surface area contributed by atoms with Crippen LogP contribution in [0.3, 0.4) is 0 Å². The highest BCUT2D eigenvalue weighted by atomic mass is 35.5. The van der Waals surface area contributed by atoms with Gasteiger partial charge < -0.3 is 4.79 Å². The molecule has 0 aliphatic rings. The Balaban J connectivity index is 2.79. The molecule has 1 aromatic rings. The van der Waals surface area contributed by atoms with Crippen LogP contribution >= 0.6 is 11.6 Å². The van der Waals surface area contributed by atoms with Crippen LogP contribution in [0.5, 0.6) is 0 Å². The second kappa shape index (κ2) is 4.38. The van der Waals surface area contributed by atoms with E-state index in [0.717, 1.165) is 11.8 Å². The first-order valence-corrected chi connectivity index (χ1v) is 4.40. The van der Waals surface area contributed by atoms with Crippen LogP contribution in [0, 0.1) is 11.7 Å². The number of hydrogen-bond donors (Lipinski definition) is 0. The number of aldehydes is 1. The summed E-state index contributed by atoms with van der Waals surface area (Å²) in [5, 5.41) is 0.113. The third kappa shape index (κ3) is 2.81. The summed E-state index contributed by atoms with van der Waals surface area (Å²) in [5.41, 5.74) is 0.793. The Morgan fingerprint density at radius 2 is 2.31 bits per heavy atom. The molecule has 1 atom stereocenters. The lowest BCUT2D eigenvalue weighted by Gasteiger charge is -2.04. The van der Waals surface area contributed by atoms with Gasteiger partial charge in [-0.3, -0.25) is 0 Å². The average molecular weight is 201 g/mol. The molecule has 0 saturated carbocycles. The van der Waals surface area contributed by atoms with E-state index in [2.05, 4.69) is 0 Å². The molecule has 0 aromatic heterocycles. The topological polar surface area (TPSA) is 17.1 Å². The van der Waals surface area contributed by atoms with Gasteiger partial charge in [0.15, 0.2) is 0 Å². The third-order valence-corrected chi connectivity index (χ3v) is 2.08. The van der Waals surface area contributed by atoms with E-state index in [4.69, 9.17) is 11.6 Å². The summed E-state index contributed by atoms with van der Waals surface area (Å²) in [6.07, 6.45) is 1.41. The molecule has 1 aromatic carbocycles. The first-order chi connectivity index (χ1) is 6.13. The second-order valence-electron chi connectivity index (χ2n) is 3.07. The lowest BCUT2D eigenvalue weighted by atomic mass is 10.0. The van der Waals surface area contributed by atoms with Crippen molar-refractivity contribution >= 4 is 17.9 Å². The van der Waals surface area contributed by atoms with E-state index in [9.17, 15) is 9.18 Å². The van der Waals surface area contributed by atoms with Crippen molar-refractivity contribution < 1.29 is 9.18 Å². The molecular formula is C10H10ClFO. The molecule has 1 nitrogen and oxygen atoms in total. The number of carbonyl (C=O) groups excluding carboxylic acids is 1. The van der Waals surface area contributed by atoms with E-state index in [1.807, 2.05) is 0 Å². The van der Waals surface area contributed by atoms with Gasteiger partial charge in [-0.25, -0.2) is 4.39 Å². The minimum atomic E-state index is -0.433. The zero-order valence-electron chi connectivity index (χ0n) is 7.26. The Morgan fingerprint density at radius 3 is 2.85 bits per heavy atom. The summed E-state index contributed by atoms with van der Waals surface area (Å²) >= 11 is 5.51. The zero-order valence-corrected chi connectivity index (χ0v) is 8.01. The summed E-state index contributed by atoms with van der Waals surface area (Å²) in [6, 6.07) is 4.59. The zero-order chi connectivity index (χ0) is 9.84. The van der Waals surface area contributed by atoms with Crippen molar-refractivity contribution in [3.05, 3.63) is 34.6 Å². The number of rotatable bonds is 3. The molecule has 0 spiro atoms. The van der Waals surface area contributed by atoms with Crippen molar-refractivity contribution in [3.8, 4) is 0 Å². The Kier molecular flexibility index (Phi) is 3.43. The van der Waals surface area contributed by atoms with Crippen LogP contribution < -0.4 is 0 Å². The van der Waals surface area contributed by atoms with Crippen molar-refractivity contribution in [2.75, 3.05) is 0 Å². The maximum atomic E-state index is 12.9. The van der Waals surface area contributed by atoms with E-state index >= 15 is 0 Å². The van der Waals surface area contributed by atoms with Crippen LogP contribution in [0.2, 0.25) is 5.02 Å². The molecule has 0 amide bonds. The number of carbonyl (C=O) groups is 1. The molecule has 0 aliphatic heterocycles. The normalized spacial score (nSPS) is 12.5. The molecule has 0 aliphatic carbocycles. The van der Waals surface area contributed by atoms with E-state index in [0.29, 0.717) is 6.42 Å². The van der Waals surface area contributed by atoms with Crippen LogP contribution in [-0.2, 0) is 11.2 Å². The number of hydrogen-bond acceptors (Lipinski definition) is 1. The molecule has 0 bridgehead atoms. The molecule has 70 valence electrons. The summed E-state index contributed by atoms with van der Waals surface area (Å²) < 4.78 is 12.9. The molecule has 0 heterocycles. The van der Waals surface area contributed by atoms with Gasteiger partial charge >= 0.3 is 0 Å². The minimum Gasteiger partial charge on any atom is -0.303 e. The van der Waals surface area contributed by atoms with Crippen molar-refractivity contribution in [2.45, 2.75) is 13.3 Å². The third-order valence-electron chi connectivity index (χ3n) is 1.77. The second-order valence-corrected chi connectivity index (χ2v) is 3.47. The van der Waals surface area contributed by atoms with Gasteiger partial charge in [-0.15, -0.1) is 0 Å². The van der Waals surface area contributed by atoms with Crippen LogP contribution in [0.1, 0.15) is 12.5 Å². The predicted octanol–water partition coefficient (Wildman–Crippen LogP) is 2.86. The highest BCUT2D eigenvalue weighted by molar-refractivity contribution is 6.30. The quantitative estimate of drug-likeness (QED) is 0.686. The Labute approximate surface area is 81.5 Å². The maximum absolute atomic E-state index is 12.9. The van der Waals surface area contributed by atoms with Crippen LogP contribution in [0.25, 0.3) is 0 Å². The van der Waals surface area contributed by atoms with E-state index in [-0.39, 0.29) is 10.9 Å². The molecule has 0 fully saturated rings. The van der Waals surface area contributed by atoms with Crippen LogP contribution in [0.4, 0.5) is 4.39 Å². The van der Waals surface area contributed by atoms with Gasteiger partial charge in [-0.2, -0.15) is 0 Å². The van der Waals surface area contributed by atoms with Gasteiger partial charge in [-0.05, 0) is 24.1 Å². The molecule has 1 unspecified atom stereocenters. The number of halogens is 2. The first kappa shape index (κ1) is 10.2. The molecule has 13 heavy (non-hydrogen) atoms. The van der Waals surface area contributed by atoms with Gasteiger partial charge in [0.25, 0.3) is 0 Å². The fraction of sp³-hybridized carbons (Fsp3) is 0.300. The van der Waals surface area contributed by atoms with E-state index in [1.165, 1.54) is 12.1 Å². The summed E-state index contributed by atoms with van der Waals surface area (Å²) in [6.45, 7) is 1.79. The smallest absolute Gasteiger partial charge is 0.142 e. The minimum absolute atomic E-state index is 0.0828. The average Bonchev–Trinajstić information content (AvgIpc) is 2.11. The largest absolute Gasteiger partial charge is 0.303 e. The van der Waals surface area contributed by atoms with Crippen molar-refractivity contribution in [2.24, 2.45) is 5.92 Å². The summed E-state index contributed by atoms with van der Waals surface area (Å²) in [7, 11) is 0. The van der Waals surface area contributed by atoms with Crippen LogP contribution in [-0.4, -0.2) is 6.29 Å². The molecule has 3 heteroatoms. The van der Waals surface area contributed by atoms with Crippen molar-refractivity contribution in [3.63, 3.8) is 0 Å². The molecule has 0 radical (unpaired) electrons. The molecule has 1 rings (SSSR count). The monoisotopic (exact) mass is 200 g/mol. The van der Waals surface area contributed by atoms with Gasteiger partial charge in [0, 0.05) is 5.92 Å². The maximum Gasteiger partial charge on any atom is 0.142 e. The predicted molar refractivity (Wildman–Crippen MR) is 50.3 cm³/mol. The lowest BCUT2D eigenvalue weighted by molar-refractivity contribution is -0.110. The molecular weight excluding hydrogens is 191 g/mol. The standard InChI is InChI=1S/C10H10ClFO/c1-7(6-13)4-8-2-3-9(11)10(12)5-8/h2-3,5-7H,4H2,1H3. The van der Waals surface area contributed by atoms with Crippen molar-refractivity contribution in [1.82, 2.24) is 0 Å². The lowest BCUT2D eigenvalue weighted by Crippen LogP contribution is -2.00. The fourth-order valence-corrected chi connectivity index (χ4v) is 1.20. The summed E-state index contributed by atoms with van der Waals surface area (Å²) in [5.74, 6) is -0.516. The fourth-order valence-electron chi connectivity index (χ4n) is 1.09. The Morgan fingerprint density at radius 1 is 1.62 bits per heavy atom. The van der Waals surface area contributed by atoms with E-state index < -0.39 is 5.82 Å². The highest BCUT2D eigenvalue weighted by Gasteiger charge is 2.04. The Hall–Kier alpha value is -0.890. The van der Waals surface area contributed by atoms with Gasteiger partial charge in [0.05, 0.1) is 5.02 Å². The number of benzene rings is 1. The van der Waals surface area contributed by atoms with E-state index in [1.54, 1.807) is 13.0 Å².